The lowest BCUT2D eigenvalue weighted by molar-refractivity contribution is 0.0613. The predicted octanol–water partition coefficient (Wildman–Crippen LogP) is 1.84. The largest absolute Gasteiger partial charge is 0.381 e. The molecular weight excluding hydrogens is 152 g/mol. The van der Waals surface area contributed by atoms with Crippen molar-refractivity contribution in [2.75, 3.05) is 19.8 Å². The highest BCUT2D eigenvalue weighted by atomic mass is 16.5. The standard InChI is InChI=1S/C10H18O2/c1-8(2)12-6-9-5-10(9)3-4-11-7-10/h8-9H,3-7H2,1-2H3. The summed E-state index contributed by atoms with van der Waals surface area (Å²) in [6, 6.07) is 0. The van der Waals surface area contributed by atoms with Gasteiger partial charge in [0, 0.05) is 12.0 Å². The van der Waals surface area contributed by atoms with Crippen molar-refractivity contribution < 1.29 is 9.47 Å². The molecule has 0 aromatic carbocycles. The van der Waals surface area contributed by atoms with Gasteiger partial charge in [-0.05, 0) is 32.6 Å². The Labute approximate surface area is 74.2 Å². The molecule has 12 heavy (non-hydrogen) atoms. The van der Waals surface area contributed by atoms with Crippen LogP contribution in [0.3, 0.4) is 0 Å². The Hall–Kier alpha value is -0.0800. The molecule has 2 aliphatic rings. The molecule has 70 valence electrons. The first-order chi connectivity index (χ1) is 5.73. The van der Waals surface area contributed by atoms with E-state index in [1.54, 1.807) is 0 Å². The van der Waals surface area contributed by atoms with Gasteiger partial charge in [0.1, 0.15) is 0 Å². The van der Waals surface area contributed by atoms with Crippen molar-refractivity contribution >= 4 is 0 Å². The first-order valence-electron chi connectivity index (χ1n) is 4.92. The summed E-state index contributed by atoms with van der Waals surface area (Å²) in [5, 5.41) is 0. The molecule has 1 saturated heterocycles. The molecule has 0 N–H and O–H groups in total. The van der Waals surface area contributed by atoms with Crippen LogP contribution >= 0.6 is 0 Å². The topological polar surface area (TPSA) is 18.5 Å². The van der Waals surface area contributed by atoms with Gasteiger partial charge in [-0.25, -0.2) is 0 Å². The lowest BCUT2D eigenvalue weighted by atomic mass is 10.0. The van der Waals surface area contributed by atoms with Crippen LogP contribution in [0.1, 0.15) is 26.7 Å². The molecule has 0 bridgehead atoms. The molecular formula is C10H18O2. The molecule has 2 atom stereocenters. The summed E-state index contributed by atoms with van der Waals surface area (Å²) >= 11 is 0. The number of hydrogen-bond acceptors (Lipinski definition) is 2. The Morgan fingerprint density at radius 3 is 3.00 bits per heavy atom. The highest BCUT2D eigenvalue weighted by Crippen LogP contribution is 2.57. The maximum atomic E-state index is 5.60. The molecule has 2 heteroatoms. The minimum Gasteiger partial charge on any atom is -0.381 e. The van der Waals surface area contributed by atoms with Crippen molar-refractivity contribution in [3.8, 4) is 0 Å². The van der Waals surface area contributed by atoms with Crippen LogP contribution in [0.5, 0.6) is 0 Å². The van der Waals surface area contributed by atoms with Crippen LogP contribution in [0.25, 0.3) is 0 Å². The zero-order valence-electron chi connectivity index (χ0n) is 8.01. The summed E-state index contributed by atoms with van der Waals surface area (Å²) in [7, 11) is 0. The first-order valence-corrected chi connectivity index (χ1v) is 4.92. The van der Waals surface area contributed by atoms with Gasteiger partial charge in [-0.15, -0.1) is 0 Å². The first kappa shape index (κ1) is 8.52. The van der Waals surface area contributed by atoms with Gasteiger partial charge in [0.25, 0.3) is 0 Å². The second-order valence-corrected chi connectivity index (χ2v) is 4.45. The van der Waals surface area contributed by atoms with Gasteiger partial charge in [0.2, 0.25) is 0 Å². The average molecular weight is 170 g/mol. The normalized spacial score (nSPS) is 39.8. The summed E-state index contributed by atoms with van der Waals surface area (Å²) in [5.41, 5.74) is 0.550. The fourth-order valence-corrected chi connectivity index (χ4v) is 2.08. The molecule has 1 heterocycles. The van der Waals surface area contributed by atoms with Gasteiger partial charge >= 0.3 is 0 Å². The summed E-state index contributed by atoms with van der Waals surface area (Å²) in [6.45, 7) is 7.10. The van der Waals surface area contributed by atoms with Crippen LogP contribution in [-0.4, -0.2) is 25.9 Å². The fourth-order valence-electron chi connectivity index (χ4n) is 2.08. The fraction of sp³-hybridized carbons (Fsp3) is 1.00. The molecule has 2 nitrogen and oxygen atoms in total. The quantitative estimate of drug-likeness (QED) is 0.643. The minimum absolute atomic E-state index is 0.380. The van der Waals surface area contributed by atoms with E-state index in [0.717, 1.165) is 25.7 Å². The van der Waals surface area contributed by atoms with Gasteiger partial charge in [0.05, 0.1) is 19.3 Å². The van der Waals surface area contributed by atoms with E-state index in [0.29, 0.717) is 11.5 Å². The molecule has 2 unspecified atom stereocenters. The van der Waals surface area contributed by atoms with Gasteiger partial charge in [-0.3, -0.25) is 0 Å². The Bertz CT molecular complexity index is 159. The van der Waals surface area contributed by atoms with E-state index in [9.17, 15) is 0 Å². The van der Waals surface area contributed by atoms with E-state index in [-0.39, 0.29) is 0 Å². The molecule has 0 radical (unpaired) electrons. The van der Waals surface area contributed by atoms with E-state index < -0.39 is 0 Å². The number of rotatable bonds is 3. The molecule has 2 fully saturated rings. The molecule has 1 aliphatic carbocycles. The zero-order valence-corrected chi connectivity index (χ0v) is 8.01. The van der Waals surface area contributed by atoms with Gasteiger partial charge in [-0.1, -0.05) is 0 Å². The third-order valence-corrected chi connectivity index (χ3v) is 3.12. The van der Waals surface area contributed by atoms with Crippen molar-refractivity contribution in [1.29, 1.82) is 0 Å². The lowest BCUT2D eigenvalue weighted by Gasteiger charge is -2.09. The molecule has 2 rings (SSSR count). The number of ether oxygens (including phenoxy) is 2. The van der Waals surface area contributed by atoms with E-state index in [4.69, 9.17) is 9.47 Å². The van der Waals surface area contributed by atoms with Gasteiger partial charge < -0.3 is 9.47 Å². The Balaban J connectivity index is 1.72. The van der Waals surface area contributed by atoms with Crippen LogP contribution < -0.4 is 0 Å². The predicted molar refractivity (Wildman–Crippen MR) is 47.1 cm³/mol. The van der Waals surface area contributed by atoms with E-state index in [1.807, 2.05) is 0 Å². The lowest BCUT2D eigenvalue weighted by Crippen LogP contribution is -2.11. The molecule has 1 saturated carbocycles. The molecule has 0 amide bonds. The van der Waals surface area contributed by atoms with E-state index >= 15 is 0 Å². The average Bonchev–Trinajstić information content (AvgIpc) is 2.42. The minimum atomic E-state index is 0.380. The maximum Gasteiger partial charge on any atom is 0.0526 e. The van der Waals surface area contributed by atoms with Crippen molar-refractivity contribution in [3.63, 3.8) is 0 Å². The van der Waals surface area contributed by atoms with E-state index in [2.05, 4.69) is 13.8 Å². The smallest absolute Gasteiger partial charge is 0.0526 e. The second-order valence-electron chi connectivity index (χ2n) is 4.45. The van der Waals surface area contributed by atoms with Crippen molar-refractivity contribution in [3.05, 3.63) is 0 Å². The summed E-state index contributed by atoms with van der Waals surface area (Å²) in [5.74, 6) is 0.794. The summed E-state index contributed by atoms with van der Waals surface area (Å²) in [4.78, 5) is 0. The van der Waals surface area contributed by atoms with Gasteiger partial charge in [-0.2, -0.15) is 0 Å². The third kappa shape index (κ3) is 1.50. The Morgan fingerprint density at radius 1 is 1.58 bits per heavy atom. The Morgan fingerprint density at radius 2 is 2.42 bits per heavy atom. The monoisotopic (exact) mass is 170 g/mol. The highest BCUT2D eigenvalue weighted by molar-refractivity contribution is 5.04. The molecule has 1 aliphatic heterocycles. The zero-order chi connectivity index (χ0) is 8.60. The van der Waals surface area contributed by atoms with Crippen LogP contribution in [-0.2, 0) is 9.47 Å². The summed E-state index contributed by atoms with van der Waals surface area (Å²) in [6.07, 6.45) is 2.98. The summed E-state index contributed by atoms with van der Waals surface area (Å²) < 4.78 is 11.0. The van der Waals surface area contributed by atoms with Gasteiger partial charge in [0.15, 0.2) is 0 Å². The molecule has 0 aromatic rings. The van der Waals surface area contributed by atoms with Crippen LogP contribution in [0, 0.1) is 11.3 Å². The molecule has 1 spiro atoms. The third-order valence-electron chi connectivity index (χ3n) is 3.12. The van der Waals surface area contributed by atoms with Crippen molar-refractivity contribution in [2.45, 2.75) is 32.8 Å². The van der Waals surface area contributed by atoms with E-state index in [1.165, 1.54) is 12.8 Å². The maximum absolute atomic E-state index is 5.60. The second kappa shape index (κ2) is 3.00. The van der Waals surface area contributed by atoms with Crippen LogP contribution in [0.15, 0.2) is 0 Å². The van der Waals surface area contributed by atoms with Crippen LogP contribution in [0.2, 0.25) is 0 Å². The van der Waals surface area contributed by atoms with Crippen LogP contribution in [0.4, 0.5) is 0 Å². The molecule has 0 aromatic heterocycles. The SMILES string of the molecule is CC(C)OCC1CC12CCOC2. The van der Waals surface area contributed by atoms with Crippen molar-refractivity contribution in [1.82, 2.24) is 0 Å². The highest BCUT2D eigenvalue weighted by Gasteiger charge is 2.55. The van der Waals surface area contributed by atoms with Crippen molar-refractivity contribution in [2.24, 2.45) is 11.3 Å². The Kier molecular flexibility index (Phi) is 2.13. The number of hydrogen-bond donors (Lipinski definition) is 0.